The second-order valence-electron chi connectivity index (χ2n) is 9.21. The molecule has 0 bridgehead atoms. The van der Waals surface area contributed by atoms with Crippen molar-refractivity contribution in [2.45, 2.75) is 77.1 Å². The molecule has 0 saturated carbocycles. The van der Waals surface area contributed by atoms with Gasteiger partial charge in [0.25, 0.3) is 0 Å². The van der Waals surface area contributed by atoms with Crippen molar-refractivity contribution in [2.24, 2.45) is 0 Å². The SMILES string of the molecule is CC(Oc1ccc(CC2c3ccc(O)cc3CCN2C(C)C)cc1)C1CCCCN1. The lowest BCUT2D eigenvalue weighted by molar-refractivity contribution is 0.141. The van der Waals surface area contributed by atoms with Gasteiger partial charge in [-0.3, -0.25) is 4.90 Å². The zero-order valence-corrected chi connectivity index (χ0v) is 18.6. The van der Waals surface area contributed by atoms with Gasteiger partial charge in [0.15, 0.2) is 0 Å². The highest BCUT2D eigenvalue weighted by Crippen LogP contribution is 2.35. The number of phenolic OH excluding ortho intramolecular Hbond substituents is 1. The molecule has 30 heavy (non-hydrogen) atoms. The van der Waals surface area contributed by atoms with E-state index in [0.717, 1.165) is 31.7 Å². The normalized spacial score (nSPS) is 23.2. The lowest BCUT2D eigenvalue weighted by Gasteiger charge is -2.40. The maximum atomic E-state index is 9.90. The molecule has 1 saturated heterocycles. The number of benzene rings is 2. The fourth-order valence-corrected chi connectivity index (χ4v) is 5.07. The van der Waals surface area contributed by atoms with Crippen molar-refractivity contribution >= 4 is 0 Å². The molecule has 0 aliphatic carbocycles. The minimum absolute atomic E-state index is 0.186. The molecule has 1 fully saturated rings. The topological polar surface area (TPSA) is 44.7 Å². The number of piperidine rings is 1. The zero-order chi connectivity index (χ0) is 21.1. The van der Waals surface area contributed by atoms with Crippen molar-refractivity contribution in [3.63, 3.8) is 0 Å². The van der Waals surface area contributed by atoms with Crippen LogP contribution in [0.5, 0.6) is 11.5 Å². The molecule has 4 rings (SSSR count). The van der Waals surface area contributed by atoms with Crippen LogP contribution in [0.25, 0.3) is 0 Å². The molecule has 4 heteroatoms. The molecule has 4 nitrogen and oxygen atoms in total. The van der Waals surface area contributed by atoms with E-state index in [9.17, 15) is 5.11 Å². The Morgan fingerprint density at radius 3 is 2.60 bits per heavy atom. The first kappa shape index (κ1) is 21.2. The monoisotopic (exact) mass is 408 g/mol. The average molecular weight is 409 g/mol. The highest BCUT2D eigenvalue weighted by atomic mass is 16.5. The predicted molar refractivity (Wildman–Crippen MR) is 122 cm³/mol. The molecule has 0 amide bonds. The number of phenols is 1. The fourth-order valence-electron chi connectivity index (χ4n) is 5.07. The van der Waals surface area contributed by atoms with Gasteiger partial charge in [-0.25, -0.2) is 0 Å². The van der Waals surface area contributed by atoms with Crippen molar-refractivity contribution in [1.29, 1.82) is 0 Å². The summed E-state index contributed by atoms with van der Waals surface area (Å²) < 4.78 is 6.23. The van der Waals surface area contributed by atoms with Gasteiger partial charge in [-0.05, 0) is 94.0 Å². The van der Waals surface area contributed by atoms with Crippen LogP contribution in [-0.4, -0.2) is 41.3 Å². The van der Waals surface area contributed by atoms with Gasteiger partial charge in [0.1, 0.15) is 17.6 Å². The second kappa shape index (κ2) is 9.40. The third-order valence-corrected chi connectivity index (χ3v) is 6.78. The summed E-state index contributed by atoms with van der Waals surface area (Å²) in [6, 6.07) is 15.8. The summed E-state index contributed by atoms with van der Waals surface area (Å²) in [5.74, 6) is 1.32. The Labute approximate surface area is 181 Å². The maximum Gasteiger partial charge on any atom is 0.119 e. The van der Waals surface area contributed by atoms with Gasteiger partial charge >= 0.3 is 0 Å². The molecule has 2 N–H and O–H groups in total. The van der Waals surface area contributed by atoms with Crippen molar-refractivity contribution in [3.8, 4) is 11.5 Å². The lowest BCUT2D eigenvalue weighted by atomic mass is 9.87. The van der Waals surface area contributed by atoms with E-state index < -0.39 is 0 Å². The molecule has 0 spiro atoms. The number of hydrogen-bond donors (Lipinski definition) is 2. The third kappa shape index (κ3) is 4.81. The van der Waals surface area contributed by atoms with E-state index in [1.54, 1.807) is 0 Å². The van der Waals surface area contributed by atoms with E-state index in [0.29, 0.717) is 23.9 Å². The van der Waals surface area contributed by atoms with Crippen LogP contribution in [0.3, 0.4) is 0 Å². The molecule has 3 atom stereocenters. The Morgan fingerprint density at radius 2 is 1.90 bits per heavy atom. The Balaban J connectivity index is 1.46. The Hall–Kier alpha value is -2.04. The van der Waals surface area contributed by atoms with Gasteiger partial charge in [0, 0.05) is 24.7 Å². The summed E-state index contributed by atoms with van der Waals surface area (Å²) in [7, 11) is 0. The minimum atomic E-state index is 0.186. The number of fused-ring (bicyclic) bond motifs is 1. The van der Waals surface area contributed by atoms with Crippen LogP contribution >= 0.6 is 0 Å². The Morgan fingerprint density at radius 1 is 1.10 bits per heavy atom. The quantitative estimate of drug-likeness (QED) is 0.717. The first-order valence-corrected chi connectivity index (χ1v) is 11.6. The van der Waals surface area contributed by atoms with Gasteiger partial charge in [-0.1, -0.05) is 24.6 Å². The van der Waals surface area contributed by atoms with Crippen LogP contribution in [0.1, 0.15) is 62.8 Å². The molecule has 2 aromatic rings. The largest absolute Gasteiger partial charge is 0.508 e. The third-order valence-electron chi connectivity index (χ3n) is 6.78. The highest BCUT2D eigenvalue weighted by molar-refractivity contribution is 5.40. The van der Waals surface area contributed by atoms with E-state index in [1.165, 1.54) is 36.0 Å². The molecule has 0 radical (unpaired) electrons. The van der Waals surface area contributed by atoms with Gasteiger partial charge in [0.2, 0.25) is 0 Å². The summed E-state index contributed by atoms with van der Waals surface area (Å²) in [6.07, 6.45) is 5.91. The first-order valence-electron chi connectivity index (χ1n) is 11.6. The maximum absolute atomic E-state index is 9.90. The minimum Gasteiger partial charge on any atom is -0.508 e. The molecule has 2 aromatic carbocycles. The van der Waals surface area contributed by atoms with Crippen LogP contribution in [0, 0.1) is 0 Å². The predicted octanol–water partition coefficient (Wildman–Crippen LogP) is 4.85. The van der Waals surface area contributed by atoms with Gasteiger partial charge < -0.3 is 15.2 Å². The standard InChI is InChI=1S/C26H36N2O2/c1-18(2)28-15-13-21-17-22(29)9-12-24(21)26(28)16-20-7-10-23(11-8-20)30-19(3)25-6-4-5-14-27-25/h7-12,17-19,25-27,29H,4-6,13-16H2,1-3H3. The number of nitrogens with zero attached hydrogens (tertiary/aromatic N) is 1. The average Bonchev–Trinajstić information content (AvgIpc) is 2.75. The second-order valence-corrected chi connectivity index (χ2v) is 9.21. The van der Waals surface area contributed by atoms with Gasteiger partial charge in [0.05, 0.1) is 0 Å². The molecule has 2 aliphatic rings. The molecule has 2 aliphatic heterocycles. The molecule has 2 heterocycles. The molecule has 0 aromatic heterocycles. The van der Waals surface area contributed by atoms with E-state index in [4.69, 9.17) is 4.74 Å². The molecular formula is C26H36N2O2. The first-order chi connectivity index (χ1) is 14.5. The summed E-state index contributed by atoms with van der Waals surface area (Å²) in [5.41, 5.74) is 3.96. The number of rotatable bonds is 6. The van der Waals surface area contributed by atoms with Crippen LogP contribution in [0.15, 0.2) is 42.5 Å². The lowest BCUT2D eigenvalue weighted by Crippen LogP contribution is -2.44. The van der Waals surface area contributed by atoms with Crippen LogP contribution in [-0.2, 0) is 12.8 Å². The molecule has 162 valence electrons. The smallest absolute Gasteiger partial charge is 0.119 e. The highest BCUT2D eigenvalue weighted by Gasteiger charge is 2.29. The Bertz CT molecular complexity index is 827. The number of nitrogens with one attached hydrogen (secondary N) is 1. The van der Waals surface area contributed by atoms with E-state index in [-0.39, 0.29) is 6.10 Å². The van der Waals surface area contributed by atoms with Crippen LogP contribution in [0.2, 0.25) is 0 Å². The summed E-state index contributed by atoms with van der Waals surface area (Å²) in [6.45, 7) is 8.86. The Kier molecular flexibility index (Phi) is 6.64. The van der Waals surface area contributed by atoms with Gasteiger partial charge in [-0.15, -0.1) is 0 Å². The summed E-state index contributed by atoms with van der Waals surface area (Å²) in [4.78, 5) is 2.58. The number of hydrogen-bond acceptors (Lipinski definition) is 4. The van der Waals surface area contributed by atoms with Gasteiger partial charge in [-0.2, -0.15) is 0 Å². The summed E-state index contributed by atoms with van der Waals surface area (Å²) >= 11 is 0. The number of aromatic hydroxyl groups is 1. The fraction of sp³-hybridized carbons (Fsp3) is 0.538. The van der Waals surface area contributed by atoms with E-state index in [2.05, 4.69) is 61.3 Å². The molecular weight excluding hydrogens is 372 g/mol. The van der Waals surface area contributed by atoms with Crippen LogP contribution < -0.4 is 10.1 Å². The van der Waals surface area contributed by atoms with Crippen molar-refractivity contribution < 1.29 is 9.84 Å². The van der Waals surface area contributed by atoms with E-state index in [1.807, 2.05) is 12.1 Å². The number of ether oxygens (including phenoxy) is 1. The van der Waals surface area contributed by atoms with Crippen LogP contribution in [0.4, 0.5) is 0 Å². The van der Waals surface area contributed by atoms with Crippen molar-refractivity contribution in [2.75, 3.05) is 13.1 Å². The molecule has 3 unspecified atom stereocenters. The van der Waals surface area contributed by atoms with Crippen molar-refractivity contribution in [3.05, 3.63) is 59.2 Å². The van der Waals surface area contributed by atoms with E-state index >= 15 is 0 Å². The van der Waals surface area contributed by atoms with Crippen molar-refractivity contribution in [1.82, 2.24) is 10.2 Å². The summed E-state index contributed by atoms with van der Waals surface area (Å²) in [5, 5.41) is 13.5. The zero-order valence-electron chi connectivity index (χ0n) is 18.6.